The molecule has 4 aliphatic heterocycles. The minimum atomic E-state index is -1.61. The van der Waals surface area contributed by atoms with Gasteiger partial charge in [-0.25, -0.2) is 0 Å². The molecule has 4 saturated heterocycles. The lowest BCUT2D eigenvalue weighted by Crippen LogP contribution is -2.71. The number of amides is 2. The molecule has 1 aromatic rings. The van der Waals surface area contributed by atoms with Crippen LogP contribution in [0.2, 0.25) is 0 Å². The minimum absolute atomic E-state index is 0.00850. The van der Waals surface area contributed by atoms with E-state index in [9.17, 15) is 24.6 Å². The zero-order chi connectivity index (χ0) is 50.4. The van der Waals surface area contributed by atoms with E-state index in [0.717, 1.165) is 81.8 Å². The number of fused-ring (bicyclic) bond motifs is 6. The summed E-state index contributed by atoms with van der Waals surface area (Å²) in [4.78, 5) is 63.5. The summed E-state index contributed by atoms with van der Waals surface area (Å²) in [6.45, 7) is 17.6. The van der Waals surface area contributed by atoms with Gasteiger partial charge in [0.05, 0.1) is 37.0 Å². The third-order valence-corrected chi connectivity index (χ3v) is 16.8. The van der Waals surface area contributed by atoms with Crippen LogP contribution in [0.4, 0.5) is 0 Å². The molecule has 0 aromatic heterocycles. The van der Waals surface area contributed by atoms with Gasteiger partial charge in [0.1, 0.15) is 41.5 Å². The lowest BCUT2D eigenvalue weighted by Gasteiger charge is -2.53. The first-order valence-electron chi connectivity index (χ1n) is 26.7. The highest BCUT2D eigenvalue weighted by Gasteiger charge is 2.76. The van der Waals surface area contributed by atoms with Crippen molar-refractivity contribution in [1.29, 1.82) is 0 Å². The Balaban J connectivity index is 1.08. The fourth-order valence-corrected chi connectivity index (χ4v) is 12.9. The number of carbonyl (C=O) groups is 4. The molecule has 3 unspecified atom stereocenters. The number of benzene rings is 1. The first-order chi connectivity index (χ1) is 33.1. The average molecular weight is 978 g/mol. The van der Waals surface area contributed by atoms with Crippen LogP contribution in [0.15, 0.2) is 29.8 Å². The lowest BCUT2D eigenvalue weighted by atomic mass is 9.52. The van der Waals surface area contributed by atoms with E-state index >= 15 is 4.79 Å². The highest BCUT2D eigenvalue weighted by atomic mass is 16.8. The summed E-state index contributed by atoms with van der Waals surface area (Å²) < 4.78 is 32.0. The number of aliphatic hydroxyl groups excluding tert-OH is 2. The van der Waals surface area contributed by atoms with Crippen molar-refractivity contribution < 1.29 is 57.9 Å². The molecule has 3 aliphatic carbocycles. The van der Waals surface area contributed by atoms with Gasteiger partial charge < -0.3 is 44.5 Å². The van der Waals surface area contributed by atoms with Gasteiger partial charge in [-0.3, -0.25) is 24.0 Å². The van der Waals surface area contributed by atoms with E-state index in [1.54, 1.807) is 25.8 Å². The third-order valence-electron chi connectivity index (χ3n) is 16.8. The lowest BCUT2D eigenvalue weighted by molar-refractivity contribution is -0.224. The molecule has 13 atom stereocenters. The number of hydrogen-bond acceptors (Lipinski definition) is 13. The van der Waals surface area contributed by atoms with Gasteiger partial charge in [0, 0.05) is 25.7 Å². The molecule has 0 radical (unpaired) electrons. The first-order valence-corrected chi connectivity index (χ1v) is 26.7. The van der Waals surface area contributed by atoms with E-state index in [4.69, 9.17) is 28.5 Å². The molecule has 0 spiro atoms. The highest BCUT2D eigenvalue weighted by molar-refractivity contribution is 5.96. The van der Waals surface area contributed by atoms with Gasteiger partial charge in [0.25, 0.3) is 0 Å². The van der Waals surface area contributed by atoms with Gasteiger partial charge in [0.15, 0.2) is 11.8 Å². The molecule has 2 amide bonds. The maximum atomic E-state index is 15.4. The van der Waals surface area contributed by atoms with Crippen molar-refractivity contribution in [1.82, 2.24) is 15.7 Å². The summed E-state index contributed by atoms with van der Waals surface area (Å²) in [7, 11) is 0. The monoisotopic (exact) mass is 978 g/mol. The smallest absolute Gasteiger partial charge is 0.327 e. The Morgan fingerprint density at radius 2 is 1.69 bits per heavy atom. The molecule has 3 saturated carbocycles. The van der Waals surface area contributed by atoms with Crippen molar-refractivity contribution in [3.8, 4) is 0 Å². The Bertz CT molecular complexity index is 2090. The molecule has 70 heavy (non-hydrogen) atoms. The zero-order valence-corrected chi connectivity index (χ0v) is 43.4. The summed E-state index contributed by atoms with van der Waals surface area (Å²) >= 11 is 0. The van der Waals surface area contributed by atoms with Crippen LogP contribution in [0.3, 0.4) is 0 Å². The van der Waals surface area contributed by atoms with Gasteiger partial charge in [0.2, 0.25) is 11.8 Å². The quantitative estimate of drug-likeness (QED) is 0.0576. The number of unbranched alkanes of at least 4 members (excludes halogenated alkanes) is 4. The molecule has 1 aromatic carbocycles. The molecule has 2 bridgehead atoms. The van der Waals surface area contributed by atoms with Crippen molar-refractivity contribution >= 4 is 29.8 Å². The standard InChI is InChI=1S/C55H83N3O12/c1-10-12-14-24-54(25-15-13-11-2)68-44-40-30-55(50(64)57-43(33(3)60)48(62)56-37(32-59)20-22-42(61)67-51(4,5)6)46(49(63)65-40)58(70-47(55)45(44)69-54)31-35-18-16-17-34(27-35)28-36-19-21-41-53(9,66-41)26-23-39-38(36)29-52(39,7)8/h16-18,27-28,33,37-41,43-47,59-60H,10-15,19-26,29-32H2,1-9H3,(H,56,62)(H,57,64)/t33-,37-,38+,39+,40?,41?,43+,44-,45-,46-,47+,53+,55?/m0/s1. The van der Waals surface area contributed by atoms with E-state index in [1.165, 1.54) is 12.5 Å². The predicted octanol–water partition coefficient (Wildman–Crippen LogP) is 7.37. The molecule has 8 rings (SSSR count). The van der Waals surface area contributed by atoms with E-state index < -0.39 is 95.8 Å². The largest absolute Gasteiger partial charge is 0.460 e. The molecule has 15 nitrogen and oxygen atoms in total. The molecule has 15 heteroatoms. The fourth-order valence-electron chi connectivity index (χ4n) is 12.9. The molecule has 390 valence electrons. The maximum Gasteiger partial charge on any atom is 0.327 e. The van der Waals surface area contributed by atoms with Crippen LogP contribution in [0.5, 0.6) is 0 Å². The predicted molar refractivity (Wildman–Crippen MR) is 261 cm³/mol. The van der Waals surface area contributed by atoms with Gasteiger partial charge in [-0.15, -0.1) is 0 Å². The summed E-state index contributed by atoms with van der Waals surface area (Å²) in [5.41, 5.74) is 1.33. The molecule has 4 N–H and O–H groups in total. The number of rotatable bonds is 20. The third kappa shape index (κ3) is 10.9. The molecule has 7 fully saturated rings. The Kier molecular flexibility index (Phi) is 15.7. The van der Waals surface area contributed by atoms with Crippen LogP contribution in [-0.4, -0.2) is 117 Å². The Hall–Kier alpha value is -3.44. The Labute approximate surface area is 415 Å². The van der Waals surface area contributed by atoms with E-state index in [0.29, 0.717) is 30.8 Å². The van der Waals surface area contributed by atoms with Crippen LogP contribution in [0.25, 0.3) is 6.08 Å². The Morgan fingerprint density at radius 3 is 2.34 bits per heavy atom. The second-order valence-corrected chi connectivity index (χ2v) is 23.8. The fraction of sp³-hybridized carbons (Fsp3) is 0.782. The summed E-state index contributed by atoms with van der Waals surface area (Å²) in [5, 5.41) is 28.5. The summed E-state index contributed by atoms with van der Waals surface area (Å²) in [5.74, 6) is -2.40. The van der Waals surface area contributed by atoms with Crippen LogP contribution in [0.1, 0.15) is 176 Å². The second-order valence-electron chi connectivity index (χ2n) is 23.8. The van der Waals surface area contributed by atoms with Gasteiger partial charge >= 0.3 is 11.9 Å². The van der Waals surface area contributed by atoms with Crippen molar-refractivity contribution in [2.24, 2.45) is 22.7 Å². The van der Waals surface area contributed by atoms with Crippen molar-refractivity contribution in [3.63, 3.8) is 0 Å². The molecular weight excluding hydrogens is 895 g/mol. The normalized spacial score (nSPS) is 34.5. The van der Waals surface area contributed by atoms with Crippen molar-refractivity contribution in [2.75, 3.05) is 6.61 Å². The number of ether oxygens (including phenoxy) is 5. The van der Waals surface area contributed by atoms with Crippen molar-refractivity contribution in [2.45, 2.75) is 243 Å². The molecule has 7 aliphatic rings. The van der Waals surface area contributed by atoms with Crippen LogP contribution >= 0.6 is 0 Å². The van der Waals surface area contributed by atoms with Gasteiger partial charge in [-0.1, -0.05) is 89.3 Å². The van der Waals surface area contributed by atoms with Crippen LogP contribution < -0.4 is 10.6 Å². The second kappa shape index (κ2) is 20.8. The van der Waals surface area contributed by atoms with Gasteiger partial charge in [-0.2, -0.15) is 5.06 Å². The number of carbonyl (C=O) groups excluding carboxylic acids is 4. The number of nitrogens with one attached hydrogen (secondary N) is 2. The Morgan fingerprint density at radius 1 is 0.971 bits per heavy atom. The number of nitrogens with zero attached hydrogens (tertiary/aromatic N) is 1. The SMILES string of the molecule is CCCCCC1(CCCCC)O[C@@H]2[C@H]3ON(Cc4cccc(C=C5CCC6O[C@]6(C)CC[C@@H]6[C@@H]5CC6(C)C)c4)[C@H]4C(=O)OC(CC34C(=O)N[C@@H](C(=O)N[C@H](CO)CCC(=O)OC(C)(C)C)[C@H](C)O)[C@@H]2O1. The number of epoxide rings is 1. The average Bonchev–Trinajstić information content (AvgIpc) is 3.56. The van der Waals surface area contributed by atoms with E-state index in [-0.39, 0.29) is 36.8 Å². The first kappa shape index (κ1) is 52.9. The number of hydrogen-bond donors (Lipinski definition) is 4. The number of esters is 2. The number of hydroxylamine groups is 2. The van der Waals surface area contributed by atoms with Crippen molar-refractivity contribution in [3.05, 3.63) is 41.0 Å². The topological polar surface area (TPSA) is 195 Å². The van der Waals surface area contributed by atoms with Crippen LogP contribution in [0, 0.1) is 22.7 Å². The van der Waals surface area contributed by atoms with Gasteiger partial charge in [-0.05, 0) is 114 Å². The summed E-state index contributed by atoms with van der Waals surface area (Å²) in [6, 6.07) is 4.66. The highest BCUT2D eigenvalue weighted by Crippen LogP contribution is 2.61. The van der Waals surface area contributed by atoms with E-state index in [1.807, 2.05) is 12.1 Å². The maximum absolute atomic E-state index is 15.4. The van der Waals surface area contributed by atoms with Crippen LogP contribution in [-0.2, 0) is 54.2 Å². The van der Waals surface area contributed by atoms with E-state index in [2.05, 4.69) is 63.5 Å². The summed E-state index contributed by atoms with van der Waals surface area (Å²) in [6.07, 6.45) is 10.3. The molecule has 4 heterocycles. The molecular formula is C55H83N3O12. The minimum Gasteiger partial charge on any atom is -0.460 e. The number of allylic oxidation sites excluding steroid dienone is 1. The number of aliphatic hydroxyl groups is 2. The zero-order valence-electron chi connectivity index (χ0n) is 43.4.